The number of sulfonamides is 1. The second-order valence-corrected chi connectivity index (χ2v) is 10.6. The number of piperazine rings is 1. The SMILES string of the molecule is CN1CCN(c2ccc(Nc3ncc(F)c(Nc4ccc5c(c4)NC/C5=C\C#N)n3)cc2S(N)(=O)=O)CC1. The van der Waals surface area contributed by atoms with Gasteiger partial charge in [0.15, 0.2) is 11.6 Å². The number of nitrogens with zero attached hydrogens (tertiary/aromatic N) is 5. The van der Waals surface area contributed by atoms with E-state index in [-0.39, 0.29) is 16.7 Å². The van der Waals surface area contributed by atoms with Crippen LogP contribution >= 0.6 is 0 Å². The highest BCUT2D eigenvalue weighted by molar-refractivity contribution is 7.89. The van der Waals surface area contributed by atoms with Crippen molar-refractivity contribution in [2.75, 3.05) is 60.6 Å². The molecule has 0 aliphatic carbocycles. The van der Waals surface area contributed by atoms with Crippen molar-refractivity contribution >= 4 is 50.1 Å². The van der Waals surface area contributed by atoms with Crippen LogP contribution in [0.5, 0.6) is 0 Å². The zero-order valence-electron chi connectivity index (χ0n) is 20.6. The second kappa shape index (κ2) is 10.3. The van der Waals surface area contributed by atoms with Gasteiger partial charge in [-0.2, -0.15) is 10.2 Å². The summed E-state index contributed by atoms with van der Waals surface area (Å²) in [6.45, 7) is 3.50. The zero-order valence-corrected chi connectivity index (χ0v) is 21.4. The summed E-state index contributed by atoms with van der Waals surface area (Å²) in [4.78, 5) is 12.4. The van der Waals surface area contributed by atoms with Gasteiger partial charge in [0.1, 0.15) is 4.90 Å². The average Bonchev–Trinajstić information content (AvgIpc) is 3.28. The molecule has 13 heteroatoms. The standard InChI is InChI=1S/C25H26FN9O2S/c1-34-8-10-35(11-9-34)22-5-3-18(13-23(22)38(28,36)37)32-25-30-15-20(26)24(33-25)31-17-2-4-19-16(6-7-27)14-29-21(19)12-17/h2-6,12-13,15,29H,8-11,14H2,1H3,(H2,28,36,37)(H2,30,31,32,33)/b16-6+. The maximum absolute atomic E-state index is 14.6. The first kappa shape index (κ1) is 25.4. The van der Waals surface area contributed by atoms with E-state index in [1.165, 1.54) is 12.1 Å². The van der Waals surface area contributed by atoms with E-state index in [0.29, 0.717) is 36.7 Å². The topological polar surface area (TPSA) is 152 Å². The first-order chi connectivity index (χ1) is 18.2. The third-order valence-electron chi connectivity index (χ3n) is 6.45. The molecule has 0 atom stereocenters. The van der Waals surface area contributed by atoms with E-state index in [1.54, 1.807) is 24.3 Å². The van der Waals surface area contributed by atoms with E-state index in [9.17, 15) is 12.8 Å². The number of primary sulfonamides is 1. The molecule has 196 valence electrons. The lowest BCUT2D eigenvalue weighted by molar-refractivity contribution is 0.312. The molecule has 2 aliphatic rings. The quantitative estimate of drug-likeness (QED) is 0.347. The Morgan fingerprint density at radius 1 is 1.13 bits per heavy atom. The van der Waals surface area contributed by atoms with Crippen LogP contribution in [0.4, 0.5) is 38.9 Å². The predicted molar refractivity (Wildman–Crippen MR) is 145 cm³/mol. The summed E-state index contributed by atoms with van der Waals surface area (Å²) in [7, 11) is -2.00. The highest BCUT2D eigenvalue weighted by Crippen LogP contribution is 2.34. The number of benzene rings is 2. The lowest BCUT2D eigenvalue weighted by Crippen LogP contribution is -2.45. The second-order valence-electron chi connectivity index (χ2n) is 9.07. The van der Waals surface area contributed by atoms with E-state index < -0.39 is 15.8 Å². The Morgan fingerprint density at radius 2 is 1.87 bits per heavy atom. The summed E-state index contributed by atoms with van der Waals surface area (Å²) >= 11 is 0. The van der Waals surface area contributed by atoms with Crippen molar-refractivity contribution in [2.24, 2.45) is 5.14 Å². The first-order valence-electron chi connectivity index (χ1n) is 11.8. The molecule has 2 aromatic carbocycles. The van der Waals surface area contributed by atoms with E-state index >= 15 is 0 Å². The molecule has 1 aromatic heterocycles. The van der Waals surface area contributed by atoms with E-state index in [4.69, 9.17) is 10.4 Å². The number of nitrogens with one attached hydrogen (secondary N) is 3. The van der Waals surface area contributed by atoms with Gasteiger partial charge in [-0.25, -0.2) is 22.9 Å². The van der Waals surface area contributed by atoms with Gasteiger partial charge in [0.05, 0.1) is 18.0 Å². The number of hydrogen-bond donors (Lipinski definition) is 4. The number of hydrogen-bond acceptors (Lipinski definition) is 10. The maximum Gasteiger partial charge on any atom is 0.240 e. The zero-order chi connectivity index (χ0) is 26.9. The largest absolute Gasteiger partial charge is 0.380 e. The third-order valence-corrected chi connectivity index (χ3v) is 7.39. The molecule has 11 nitrogen and oxygen atoms in total. The van der Waals surface area contributed by atoms with Gasteiger partial charge in [-0.15, -0.1) is 0 Å². The van der Waals surface area contributed by atoms with Gasteiger partial charge in [-0.1, -0.05) is 6.07 Å². The van der Waals surface area contributed by atoms with Crippen LogP contribution in [0.3, 0.4) is 0 Å². The fourth-order valence-corrected chi connectivity index (χ4v) is 5.23. The molecule has 0 radical (unpaired) electrons. The number of anilines is 6. The Balaban J connectivity index is 1.38. The monoisotopic (exact) mass is 535 g/mol. The highest BCUT2D eigenvalue weighted by Gasteiger charge is 2.23. The Labute approximate surface area is 219 Å². The first-order valence-corrected chi connectivity index (χ1v) is 13.4. The number of likely N-dealkylation sites (N-methyl/N-ethyl adjacent to an activating group) is 1. The predicted octanol–water partition coefficient (Wildman–Crippen LogP) is 2.83. The molecular weight excluding hydrogens is 509 g/mol. The number of allylic oxidation sites excluding steroid dienone is 1. The molecule has 5 rings (SSSR count). The van der Waals surface area contributed by atoms with E-state index in [2.05, 4.69) is 30.8 Å². The fraction of sp³-hybridized carbons (Fsp3) is 0.240. The smallest absolute Gasteiger partial charge is 0.240 e. The van der Waals surface area contributed by atoms with Crippen LogP contribution in [-0.2, 0) is 10.0 Å². The summed E-state index contributed by atoms with van der Waals surface area (Å²) in [5.74, 6) is -0.654. The normalized spacial score (nSPS) is 16.6. The van der Waals surface area contributed by atoms with Crippen molar-refractivity contribution in [3.63, 3.8) is 0 Å². The lowest BCUT2D eigenvalue weighted by atomic mass is 10.1. The van der Waals surface area contributed by atoms with Crippen molar-refractivity contribution in [1.29, 1.82) is 5.26 Å². The summed E-state index contributed by atoms with van der Waals surface area (Å²) in [6, 6.07) is 12.3. The fourth-order valence-electron chi connectivity index (χ4n) is 4.45. The van der Waals surface area contributed by atoms with Gasteiger partial charge in [-0.05, 0) is 43.0 Å². The summed E-state index contributed by atoms with van der Waals surface area (Å²) in [6.07, 6.45) is 2.52. The molecule has 1 saturated heterocycles. The average molecular weight is 536 g/mol. The number of nitrogens with two attached hydrogens (primary N) is 1. The van der Waals surface area contributed by atoms with Gasteiger partial charge in [-0.3, -0.25) is 0 Å². The van der Waals surface area contributed by atoms with Crippen LogP contribution in [-0.4, -0.2) is 63.1 Å². The molecule has 3 aromatic rings. The van der Waals surface area contributed by atoms with Crippen LogP contribution in [0.1, 0.15) is 5.56 Å². The molecule has 0 bridgehead atoms. The Bertz CT molecular complexity index is 1560. The number of halogens is 1. The number of aromatic nitrogens is 2. The molecular formula is C25H26FN9O2S. The summed E-state index contributed by atoms with van der Waals surface area (Å²) < 4.78 is 39.4. The minimum atomic E-state index is -4.02. The van der Waals surface area contributed by atoms with E-state index in [1.807, 2.05) is 24.1 Å². The Hall–Kier alpha value is -4.25. The molecule has 0 amide bonds. The number of fused-ring (bicyclic) bond motifs is 1. The summed E-state index contributed by atoms with van der Waals surface area (Å²) in [5, 5.41) is 23.6. The van der Waals surface area contributed by atoms with E-state index in [0.717, 1.165) is 36.1 Å². The minimum Gasteiger partial charge on any atom is -0.380 e. The van der Waals surface area contributed by atoms with Gasteiger partial charge < -0.3 is 25.8 Å². The van der Waals surface area contributed by atoms with Crippen LogP contribution in [0.2, 0.25) is 0 Å². The molecule has 5 N–H and O–H groups in total. The van der Waals surface area contributed by atoms with Crippen molar-refractivity contribution < 1.29 is 12.8 Å². The Kier molecular flexibility index (Phi) is 6.85. The van der Waals surface area contributed by atoms with Gasteiger partial charge in [0, 0.05) is 61.4 Å². The van der Waals surface area contributed by atoms with Crippen molar-refractivity contribution in [1.82, 2.24) is 14.9 Å². The molecule has 38 heavy (non-hydrogen) atoms. The van der Waals surface area contributed by atoms with Crippen LogP contribution in [0, 0.1) is 17.1 Å². The molecule has 3 heterocycles. The number of nitriles is 1. The Morgan fingerprint density at radius 3 is 2.61 bits per heavy atom. The highest BCUT2D eigenvalue weighted by atomic mass is 32.2. The molecule has 0 unspecified atom stereocenters. The summed E-state index contributed by atoms with van der Waals surface area (Å²) in [5.41, 5.74) is 4.13. The van der Waals surface area contributed by atoms with Crippen molar-refractivity contribution in [3.8, 4) is 6.07 Å². The van der Waals surface area contributed by atoms with Crippen LogP contribution < -0.4 is 26.0 Å². The maximum atomic E-state index is 14.6. The minimum absolute atomic E-state index is 0.0111. The van der Waals surface area contributed by atoms with Gasteiger partial charge in [0.2, 0.25) is 16.0 Å². The molecule has 2 aliphatic heterocycles. The lowest BCUT2D eigenvalue weighted by Gasteiger charge is -2.35. The van der Waals surface area contributed by atoms with Crippen LogP contribution in [0.15, 0.2) is 53.6 Å². The van der Waals surface area contributed by atoms with Gasteiger partial charge in [0.25, 0.3) is 0 Å². The van der Waals surface area contributed by atoms with Crippen molar-refractivity contribution in [3.05, 3.63) is 60.1 Å². The molecule has 0 spiro atoms. The van der Waals surface area contributed by atoms with Crippen molar-refractivity contribution in [2.45, 2.75) is 4.90 Å². The van der Waals surface area contributed by atoms with Gasteiger partial charge >= 0.3 is 0 Å². The molecule has 1 fully saturated rings. The van der Waals surface area contributed by atoms with Crippen LogP contribution in [0.25, 0.3) is 5.57 Å². The number of rotatable bonds is 6. The molecule has 0 saturated carbocycles. The third kappa shape index (κ3) is 5.37.